The first-order valence-electron chi connectivity index (χ1n) is 15.0. The van der Waals surface area contributed by atoms with Crippen molar-refractivity contribution < 1.29 is 24.3 Å². The number of carboxylic acid groups (broad SMARTS) is 1. The number of benzene rings is 2. The maximum Gasteiger partial charge on any atom is 0.312 e. The molecule has 1 aliphatic rings. The van der Waals surface area contributed by atoms with Crippen molar-refractivity contribution in [2.45, 2.75) is 87.3 Å². The number of aromatic hydroxyl groups is 1. The summed E-state index contributed by atoms with van der Waals surface area (Å²) in [6, 6.07) is 13.5. The Morgan fingerprint density at radius 2 is 1.62 bits per heavy atom. The van der Waals surface area contributed by atoms with Crippen LogP contribution in [0.2, 0.25) is 0 Å². The Hall–Kier alpha value is -3.23. The first kappa shape index (κ1) is 33.3. The van der Waals surface area contributed by atoms with Gasteiger partial charge >= 0.3 is 5.97 Å². The zero-order valence-electron chi connectivity index (χ0n) is 26.6. The molecule has 0 saturated carbocycles. The number of phenolic OH excluding ortho intramolecular Hbond substituents is 1. The van der Waals surface area contributed by atoms with Crippen LogP contribution < -0.4 is 0 Å². The molecule has 0 atom stereocenters. The normalized spacial score (nSPS) is 15.5. The van der Waals surface area contributed by atoms with E-state index < -0.39 is 11.4 Å². The molecular formula is C34H49N3O5. The lowest BCUT2D eigenvalue weighted by atomic mass is 9.79. The van der Waals surface area contributed by atoms with Crippen molar-refractivity contribution in [3.8, 4) is 28.6 Å². The Kier molecular flexibility index (Phi) is 11.3. The number of hydrogen-bond donors (Lipinski definition) is 2. The topological polar surface area (TPSA) is 109 Å². The fourth-order valence-corrected chi connectivity index (χ4v) is 4.67. The number of nitrogens with zero attached hydrogens (tertiary/aromatic N) is 3. The lowest BCUT2D eigenvalue weighted by Crippen LogP contribution is -2.47. The lowest BCUT2D eigenvalue weighted by molar-refractivity contribution is -0.158. The second kappa shape index (κ2) is 14.3. The SMILES string of the molecule is CC(C)(C)C.CC(C)Cc1ccc(-c2nc(-c3ccc(CN4CCC(COC(C)C)(C(=O)O)CC4)cc3)no2)cc1O. The largest absolute Gasteiger partial charge is 0.508 e. The summed E-state index contributed by atoms with van der Waals surface area (Å²) in [7, 11) is 0. The van der Waals surface area contributed by atoms with Crippen LogP contribution >= 0.6 is 0 Å². The summed E-state index contributed by atoms with van der Waals surface area (Å²) >= 11 is 0. The molecule has 42 heavy (non-hydrogen) atoms. The van der Waals surface area contributed by atoms with E-state index in [9.17, 15) is 15.0 Å². The van der Waals surface area contributed by atoms with Crippen LogP contribution in [0.25, 0.3) is 22.8 Å². The molecule has 1 fully saturated rings. The van der Waals surface area contributed by atoms with Crippen molar-refractivity contribution in [2.75, 3.05) is 19.7 Å². The Morgan fingerprint density at radius 1 is 1.02 bits per heavy atom. The number of aromatic nitrogens is 2. The number of carbonyl (C=O) groups is 1. The standard InChI is InChI=1S/C29H37N3O5.C5H12/c1-19(2)15-23-9-10-24(16-25(23)33)27-30-26(31-37-27)22-7-5-21(6-8-22)17-32-13-11-29(12-14-32,28(34)35)18-36-20(3)4;1-5(2,3)4/h5-10,16,19-20,33H,11-15,17-18H2,1-4H3,(H,34,35);1-4H3. The molecule has 0 radical (unpaired) electrons. The molecule has 0 spiro atoms. The number of hydrogen-bond acceptors (Lipinski definition) is 7. The Morgan fingerprint density at radius 3 is 2.14 bits per heavy atom. The third-order valence-electron chi connectivity index (χ3n) is 6.96. The van der Waals surface area contributed by atoms with Crippen molar-refractivity contribution in [3.63, 3.8) is 0 Å². The number of carboxylic acids is 1. The van der Waals surface area contributed by atoms with Gasteiger partial charge in [-0.2, -0.15) is 4.98 Å². The third kappa shape index (κ3) is 9.95. The Balaban J connectivity index is 0.000000892. The van der Waals surface area contributed by atoms with Crippen LogP contribution in [-0.4, -0.2) is 57.0 Å². The van der Waals surface area contributed by atoms with E-state index in [4.69, 9.17) is 9.26 Å². The number of aliphatic carboxylic acids is 1. The van der Waals surface area contributed by atoms with Crippen molar-refractivity contribution in [3.05, 3.63) is 53.6 Å². The summed E-state index contributed by atoms with van der Waals surface area (Å²) in [5.41, 5.74) is 3.27. The average Bonchev–Trinajstić information content (AvgIpc) is 3.39. The third-order valence-corrected chi connectivity index (χ3v) is 6.96. The van der Waals surface area contributed by atoms with Crippen molar-refractivity contribution in [1.82, 2.24) is 15.0 Å². The Bertz CT molecular complexity index is 1280. The minimum Gasteiger partial charge on any atom is -0.508 e. The number of phenols is 1. The summed E-state index contributed by atoms with van der Waals surface area (Å²) in [4.78, 5) is 18.8. The van der Waals surface area contributed by atoms with Gasteiger partial charge in [-0.3, -0.25) is 9.69 Å². The van der Waals surface area contributed by atoms with Crippen LogP contribution in [0.1, 0.15) is 79.4 Å². The monoisotopic (exact) mass is 579 g/mol. The minimum atomic E-state index is -0.799. The minimum absolute atomic E-state index is 0.0190. The molecular weight excluding hydrogens is 530 g/mol. The molecule has 2 heterocycles. The molecule has 1 aromatic heterocycles. The van der Waals surface area contributed by atoms with Crippen LogP contribution in [0.15, 0.2) is 47.0 Å². The van der Waals surface area contributed by atoms with E-state index in [1.54, 1.807) is 6.07 Å². The highest BCUT2D eigenvalue weighted by molar-refractivity contribution is 5.75. The molecule has 0 amide bonds. The average molecular weight is 580 g/mol. The molecule has 8 nitrogen and oxygen atoms in total. The second-order valence-electron chi connectivity index (χ2n) is 13.8. The van der Waals surface area contributed by atoms with Gasteiger partial charge in [0.05, 0.1) is 18.1 Å². The zero-order chi connectivity index (χ0) is 31.1. The maximum absolute atomic E-state index is 12.0. The van der Waals surface area contributed by atoms with Gasteiger partial charge in [-0.25, -0.2) is 0 Å². The van der Waals surface area contributed by atoms with E-state index >= 15 is 0 Å². The van der Waals surface area contributed by atoms with Gasteiger partial charge in [-0.05, 0) is 80.8 Å². The molecule has 2 N–H and O–H groups in total. The number of likely N-dealkylation sites (tertiary alicyclic amines) is 1. The summed E-state index contributed by atoms with van der Waals surface area (Å²) in [5, 5.41) is 24.3. The highest BCUT2D eigenvalue weighted by Gasteiger charge is 2.42. The van der Waals surface area contributed by atoms with Crippen LogP contribution in [-0.2, 0) is 22.5 Å². The Labute approximate surface area is 251 Å². The predicted molar refractivity (Wildman–Crippen MR) is 166 cm³/mol. The first-order chi connectivity index (χ1) is 19.6. The highest BCUT2D eigenvalue weighted by atomic mass is 16.5. The van der Waals surface area contributed by atoms with E-state index in [0.717, 1.165) is 29.7 Å². The van der Waals surface area contributed by atoms with Crippen LogP contribution in [0, 0.1) is 16.7 Å². The maximum atomic E-state index is 12.0. The quantitative estimate of drug-likeness (QED) is 0.255. The van der Waals surface area contributed by atoms with Crippen molar-refractivity contribution in [1.29, 1.82) is 0 Å². The second-order valence-corrected chi connectivity index (χ2v) is 13.8. The van der Waals surface area contributed by atoms with Gasteiger partial charge in [-0.15, -0.1) is 0 Å². The van der Waals surface area contributed by atoms with E-state index in [1.807, 2.05) is 50.2 Å². The summed E-state index contributed by atoms with van der Waals surface area (Å²) in [6.45, 7) is 19.3. The first-order valence-corrected chi connectivity index (χ1v) is 15.0. The molecule has 2 aromatic carbocycles. The van der Waals surface area contributed by atoms with Crippen LogP contribution in [0.4, 0.5) is 0 Å². The van der Waals surface area contributed by atoms with Gasteiger partial charge in [0.1, 0.15) is 5.75 Å². The number of rotatable bonds is 10. The van der Waals surface area contributed by atoms with E-state index in [-0.39, 0.29) is 18.5 Å². The van der Waals surface area contributed by atoms with E-state index in [1.165, 1.54) is 0 Å². The summed E-state index contributed by atoms with van der Waals surface area (Å²) in [5.74, 6) is 0.774. The number of ether oxygens (including phenoxy) is 1. The lowest BCUT2D eigenvalue weighted by Gasteiger charge is -2.39. The molecule has 8 heteroatoms. The molecule has 0 unspecified atom stereocenters. The highest BCUT2D eigenvalue weighted by Crippen LogP contribution is 2.34. The number of piperidine rings is 1. The van der Waals surface area contributed by atoms with Gasteiger partial charge in [-0.1, -0.05) is 77.0 Å². The molecule has 230 valence electrons. The molecule has 4 rings (SSSR count). The van der Waals surface area contributed by atoms with E-state index in [0.29, 0.717) is 54.5 Å². The van der Waals surface area contributed by atoms with Gasteiger partial charge < -0.3 is 19.5 Å². The van der Waals surface area contributed by atoms with Crippen LogP contribution in [0.5, 0.6) is 5.75 Å². The molecule has 3 aromatic rings. The van der Waals surface area contributed by atoms with Gasteiger partial charge in [0, 0.05) is 17.7 Å². The molecule has 0 bridgehead atoms. The van der Waals surface area contributed by atoms with Crippen molar-refractivity contribution >= 4 is 5.97 Å². The smallest absolute Gasteiger partial charge is 0.312 e. The summed E-state index contributed by atoms with van der Waals surface area (Å²) in [6.07, 6.45) is 1.97. The zero-order valence-corrected chi connectivity index (χ0v) is 26.6. The molecule has 1 saturated heterocycles. The summed E-state index contributed by atoms with van der Waals surface area (Å²) < 4.78 is 11.1. The van der Waals surface area contributed by atoms with Gasteiger partial charge in [0.25, 0.3) is 5.89 Å². The molecule has 1 aliphatic heterocycles. The molecule has 0 aliphatic carbocycles. The fourth-order valence-electron chi connectivity index (χ4n) is 4.67. The van der Waals surface area contributed by atoms with Gasteiger partial charge in [0.2, 0.25) is 5.82 Å². The van der Waals surface area contributed by atoms with Gasteiger partial charge in [0.15, 0.2) is 0 Å². The predicted octanol–water partition coefficient (Wildman–Crippen LogP) is 7.45. The van der Waals surface area contributed by atoms with Crippen molar-refractivity contribution in [2.24, 2.45) is 16.7 Å². The van der Waals surface area contributed by atoms with Crippen LogP contribution in [0.3, 0.4) is 0 Å². The fraction of sp³-hybridized carbons (Fsp3) is 0.559. The van der Waals surface area contributed by atoms with E-state index in [2.05, 4.69) is 56.6 Å².